The van der Waals surface area contributed by atoms with Crippen LogP contribution in [-0.4, -0.2) is 72.4 Å². The molecule has 0 rings (SSSR count). The molecule has 0 radical (unpaired) electrons. The van der Waals surface area contributed by atoms with Crippen molar-refractivity contribution in [1.82, 2.24) is 0 Å². The molecule has 54 heavy (non-hydrogen) atoms. The lowest BCUT2D eigenvalue weighted by Gasteiger charge is -2.24. The highest BCUT2D eigenvalue weighted by atomic mass is 16.6. The van der Waals surface area contributed by atoms with Gasteiger partial charge in [0.25, 0.3) is 0 Å². The Kier molecular flexibility index (Phi) is 42.7. The topological polar surface area (TPSA) is 140 Å². The van der Waals surface area contributed by atoms with E-state index >= 15 is 0 Å². The Hall–Kier alpha value is -1.71. The van der Waals surface area contributed by atoms with E-state index in [2.05, 4.69) is 20.8 Å². The van der Waals surface area contributed by atoms with E-state index in [0.29, 0.717) is 25.7 Å². The van der Waals surface area contributed by atoms with Crippen molar-refractivity contribution < 1.29 is 43.9 Å². The van der Waals surface area contributed by atoms with Crippen LogP contribution in [0.5, 0.6) is 0 Å². The molecule has 0 atom stereocenters. The molecule has 0 fully saturated rings. The summed E-state index contributed by atoms with van der Waals surface area (Å²) >= 11 is 0. The largest absolute Gasteiger partial charge is 0.462 e. The van der Waals surface area contributed by atoms with Crippen molar-refractivity contribution in [2.24, 2.45) is 5.41 Å². The third-order valence-corrected chi connectivity index (χ3v) is 10.4. The van der Waals surface area contributed by atoms with Crippen molar-refractivity contribution in [3.63, 3.8) is 0 Å². The number of rotatable bonds is 39. The highest BCUT2D eigenvalue weighted by Gasteiger charge is 2.25. The van der Waals surface area contributed by atoms with Crippen LogP contribution in [-0.2, 0) is 28.6 Å². The molecule has 0 aromatic heterocycles. The molecule has 0 saturated heterocycles. The fourth-order valence-electron chi connectivity index (χ4n) is 6.10. The predicted octanol–water partition coefficient (Wildman–Crippen LogP) is 11.1. The Bertz CT molecular complexity index is 759. The molecule has 0 aromatic rings. The Balaban J connectivity index is 0. The number of carbonyl (C=O) groups excluding carboxylic acids is 3. The highest BCUT2D eigenvalue weighted by molar-refractivity contribution is 5.71. The second kappa shape index (κ2) is 42.4. The molecule has 0 aliphatic heterocycles. The summed E-state index contributed by atoms with van der Waals surface area (Å²) in [6.07, 6.45) is 32.9. The molecule has 3 N–H and O–H groups in total. The van der Waals surface area contributed by atoms with Crippen LogP contribution in [0.4, 0.5) is 0 Å². The van der Waals surface area contributed by atoms with E-state index < -0.39 is 11.5 Å². The van der Waals surface area contributed by atoms with E-state index in [1.807, 2.05) is 6.92 Å². The molecule has 0 heterocycles. The molecule has 0 spiro atoms. The van der Waals surface area contributed by atoms with Crippen LogP contribution in [0.3, 0.4) is 0 Å². The molecule has 9 heteroatoms. The van der Waals surface area contributed by atoms with E-state index in [1.165, 1.54) is 116 Å². The maximum absolute atomic E-state index is 12.6. The number of carbonyl (C=O) groups is 3. The maximum Gasteiger partial charge on any atom is 0.306 e. The van der Waals surface area contributed by atoms with Gasteiger partial charge in [-0.05, 0) is 25.7 Å². The summed E-state index contributed by atoms with van der Waals surface area (Å²) in [5, 5.41) is 26.0. The minimum absolute atomic E-state index is 0.0644. The first-order valence-corrected chi connectivity index (χ1v) is 22.6. The summed E-state index contributed by atoms with van der Waals surface area (Å²) in [4.78, 5) is 37.3. The van der Waals surface area contributed by atoms with Crippen LogP contribution < -0.4 is 0 Å². The van der Waals surface area contributed by atoms with Gasteiger partial charge < -0.3 is 29.5 Å². The quantitative estimate of drug-likeness (QED) is 0.0316. The van der Waals surface area contributed by atoms with Gasteiger partial charge in [0.05, 0.1) is 19.8 Å². The number of ether oxygens (including phenoxy) is 3. The van der Waals surface area contributed by atoms with Gasteiger partial charge in [-0.3, -0.25) is 14.4 Å². The molecular weight excluding hydrogens is 684 g/mol. The molecule has 0 bridgehead atoms. The molecule has 0 aliphatic carbocycles. The molecule has 0 aromatic carbocycles. The van der Waals surface area contributed by atoms with Gasteiger partial charge in [-0.15, -0.1) is 0 Å². The number of esters is 3. The van der Waals surface area contributed by atoms with E-state index in [0.717, 1.165) is 57.8 Å². The lowest BCUT2D eigenvalue weighted by Crippen LogP contribution is -2.32. The zero-order valence-corrected chi connectivity index (χ0v) is 35.8. The zero-order chi connectivity index (χ0) is 40.4. The van der Waals surface area contributed by atoms with Gasteiger partial charge in [-0.1, -0.05) is 182 Å². The summed E-state index contributed by atoms with van der Waals surface area (Å²) in [7, 11) is 0. The van der Waals surface area contributed by atoms with Gasteiger partial charge in [0.2, 0.25) is 0 Å². The first-order valence-electron chi connectivity index (χ1n) is 22.6. The van der Waals surface area contributed by atoms with E-state index in [9.17, 15) is 14.4 Å². The van der Waals surface area contributed by atoms with Crippen LogP contribution in [0.2, 0.25) is 0 Å². The van der Waals surface area contributed by atoms with Crippen LogP contribution in [0.15, 0.2) is 0 Å². The molecule has 322 valence electrons. The Labute approximate surface area is 332 Å². The molecule has 0 amide bonds. The van der Waals surface area contributed by atoms with E-state index in [1.54, 1.807) is 0 Å². The Morgan fingerprint density at radius 3 is 0.907 bits per heavy atom. The number of aliphatic hydroxyl groups excluding tert-OH is 3. The van der Waals surface area contributed by atoms with Gasteiger partial charge in [0.15, 0.2) is 6.10 Å². The lowest BCUT2D eigenvalue weighted by atomic mass is 9.88. The van der Waals surface area contributed by atoms with Crippen LogP contribution in [0.25, 0.3) is 0 Å². The average Bonchev–Trinajstić information content (AvgIpc) is 3.18. The summed E-state index contributed by atoms with van der Waals surface area (Å²) in [5.74, 6) is -0.870. The van der Waals surface area contributed by atoms with Crippen LogP contribution >= 0.6 is 0 Å². The summed E-state index contributed by atoms with van der Waals surface area (Å²) < 4.78 is 16.5. The normalized spacial score (nSPS) is 11.3. The molecule has 0 unspecified atom stereocenters. The SMILES string of the molecule is CCC(CO)(CO)CO.CCCCCCCCCCCC(=O)OCC(COC(=O)CCCCCCCCCCC)OC(=O)CCCCCCCCCCC. The minimum Gasteiger partial charge on any atom is -0.462 e. The fraction of sp³-hybridized carbons (Fsp3) is 0.933. The molecule has 0 saturated carbocycles. The molecular formula is C45H88O9. The lowest BCUT2D eigenvalue weighted by molar-refractivity contribution is -0.167. The van der Waals surface area contributed by atoms with Gasteiger partial charge in [0, 0.05) is 24.7 Å². The Morgan fingerprint density at radius 1 is 0.407 bits per heavy atom. The van der Waals surface area contributed by atoms with Crippen molar-refractivity contribution >= 4 is 17.9 Å². The highest BCUT2D eigenvalue weighted by Crippen LogP contribution is 2.18. The first kappa shape index (κ1) is 54.4. The second-order valence-corrected chi connectivity index (χ2v) is 15.5. The van der Waals surface area contributed by atoms with Gasteiger partial charge in [-0.25, -0.2) is 0 Å². The standard InChI is InChI=1S/C39H74O6.C6H14O3/c1-4-7-10-13-16-19-22-25-28-31-37(40)43-34-36(45-39(42)33-30-27-24-21-18-15-12-9-6-3)35-44-38(41)32-29-26-23-20-17-14-11-8-5-2;1-2-6(3-7,4-8)5-9/h36H,4-35H2,1-3H3;7-9H,2-5H2,1H3. The summed E-state index contributed by atoms with van der Waals surface area (Å²) in [6, 6.07) is 0. The number of hydrogen-bond acceptors (Lipinski definition) is 9. The van der Waals surface area contributed by atoms with Crippen LogP contribution in [0.1, 0.15) is 227 Å². The number of unbranched alkanes of at least 4 members (excludes halogenated alkanes) is 24. The van der Waals surface area contributed by atoms with Gasteiger partial charge >= 0.3 is 17.9 Å². The fourth-order valence-corrected chi connectivity index (χ4v) is 6.10. The van der Waals surface area contributed by atoms with E-state index in [4.69, 9.17) is 29.5 Å². The number of hydrogen-bond donors (Lipinski definition) is 3. The summed E-state index contributed by atoms with van der Waals surface area (Å²) in [5.41, 5.74) is -0.667. The van der Waals surface area contributed by atoms with Crippen LogP contribution in [0, 0.1) is 5.41 Å². The monoisotopic (exact) mass is 773 g/mol. The minimum atomic E-state index is -0.754. The summed E-state index contributed by atoms with van der Waals surface area (Å²) in [6.45, 7) is 7.92. The third kappa shape index (κ3) is 37.2. The van der Waals surface area contributed by atoms with Crippen molar-refractivity contribution in [3.8, 4) is 0 Å². The van der Waals surface area contributed by atoms with Crippen molar-refractivity contribution in [3.05, 3.63) is 0 Å². The maximum atomic E-state index is 12.6. The van der Waals surface area contributed by atoms with Crippen molar-refractivity contribution in [2.75, 3.05) is 33.0 Å². The molecule has 9 nitrogen and oxygen atoms in total. The van der Waals surface area contributed by atoms with E-state index in [-0.39, 0.29) is 50.9 Å². The van der Waals surface area contributed by atoms with Crippen molar-refractivity contribution in [1.29, 1.82) is 0 Å². The second-order valence-electron chi connectivity index (χ2n) is 15.5. The first-order chi connectivity index (χ1) is 26.3. The van der Waals surface area contributed by atoms with Gasteiger partial charge in [-0.2, -0.15) is 0 Å². The van der Waals surface area contributed by atoms with Gasteiger partial charge in [0.1, 0.15) is 13.2 Å². The smallest absolute Gasteiger partial charge is 0.306 e. The predicted molar refractivity (Wildman–Crippen MR) is 221 cm³/mol. The number of aliphatic hydroxyl groups is 3. The molecule has 0 aliphatic rings. The Morgan fingerprint density at radius 2 is 0.667 bits per heavy atom. The third-order valence-electron chi connectivity index (χ3n) is 10.4. The average molecular weight is 773 g/mol. The zero-order valence-electron chi connectivity index (χ0n) is 35.8. The van der Waals surface area contributed by atoms with Crippen molar-refractivity contribution in [2.45, 2.75) is 233 Å².